The van der Waals surface area contributed by atoms with Crippen molar-refractivity contribution >= 4 is 27.6 Å². The lowest BCUT2D eigenvalue weighted by Gasteiger charge is -2.24. The van der Waals surface area contributed by atoms with Crippen molar-refractivity contribution in [3.8, 4) is 0 Å². The fraction of sp³-hybridized carbons (Fsp3) is 0.300. The number of fused-ring (bicyclic) bond motifs is 1. The molecule has 2 atom stereocenters. The zero-order valence-electron chi connectivity index (χ0n) is 15.8. The number of carbonyl (C=O) groups excluding carboxylic acids is 2. The molecular weight excluding hydrogens is 382 g/mol. The molecule has 0 aromatic heterocycles. The topological polar surface area (TPSA) is 90.0 Å². The Morgan fingerprint density at radius 3 is 2.57 bits per heavy atom. The van der Waals surface area contributed by atoms with Gasteiger partial charge >= 0.3 is 11.9 Å². The van der Waals surface area contributed by atoms with Crippen LogP contribution in [0.15, 0.2) is 53.4 Å². The van der Waals surface area contributed by atoms with Crippen molar-refractivity contribution in [2.24, 2.45) is 0 Å². The Morgan fingerprint density at radius 2 is 1.86 bits per heavy atom. The highest BCUT2D eigenvalue weighted by Gasteiger charge is 2.36. The smallest absolute Gasteiger partial charge is 0.346 e. The van der Waals surface area contributed by atoms with E-state index in [0.717, 1.165) is 5.56 Å². The predicted octanol–water partition coefficient (Wildman–Crippen LogP) is 2.54. The number of sulfonamides is 1. The summed E-state index contributed by atoms with van der Waals surface area (Å²) in [7, 11) is -2.68. The van der Waals surface area contributed by atoms with Crippen molar-refractivity contribution in [2.75, 3.05) is 11.4 Å². The molecule has 3 rings (SSSR count). The first-order chi connectivity index (χ1) is 13.3. The molecule has 0 aliphatic carbocycles. The van der Waals surface area contributed by atoms with Gasteiger partial charge in [-0.1, -0.05) is 24.3 Å². The summed E-state index contributed by atoms with van der Waals surface area (Å²) in [6, 6.07) is 12.7. The summed E-state index contributed by atoms with van der Waals surface area (Å²) in [5.41, 5.74) is 1.64. The zero-order chi connectivity index (χ0) is 20.5. The van der Waals surface area contributed by atoms with Crippen LogP contribution in [0.1, 0.15) is 29.8 Å². The van der Waals surface area contributed by atoms with Crippen LogP contribution < -0.4 is 4.31 Å². The molecule has 1 heterocycles. The SMILES string of the molecule is COC(=O)C(C)OC(=O)c1cccc(S(=O)(=O)N2c3ccccc3CC2C)c1. The number of carbonyl (C=O) groups is 2. The van der Waals surface area contributed by atoms with E-state index in [2.05, 4.69) is 4.74 Å². The zero-order valence-corrected chi connectivity index (χ0v) is 16.6. The third-order valence-corrected chi connectivity index (χ3v) is 6.51. The number of para-hydroxylation sites is 1. The molecule has 0 radical (unpaired) electrons. The van der Waals surface area contributed by atoms with Gasteiger partial charge in [0.15, 0.2) is 6.10 Å². The van der Waals surface area contributed by atoms with Gasteiger partial charge in [0, 0.05) is 6.04 Å². The summed E-state index contributed by atoms with van der Waals surface area (Å²) < 4.78 is 37.5. The second-order valence-electron chi connectivity index (χ2n) is 6.58. The van der Waals surface area contributed by atoms with Gasteiger partial charge in [-0.3, -0.25) is 4.31 Å². The van der Waals surface area contributed by atoms with Crippen LogP contribution in [-0.4, -0.2) is 39.6 Å². The van der Waals surface area contributed by atoms with E-state index in [-0.39, 0.29) is 16.5 Å². The van der Waals surface area contributed by atoms with Gasteiger partial charge < -0.3 is 9.47 Å². The molecule has 28 heavy (non-hydrogen) atoms. The first-order valence-electron chi connectivity index (χ1n) is 8.77. The number of nitrogens with zero attached hydrogens (tertiary/aromatic N) is 1. The Morgan fingerprint density at radius 1 is 1.14 bits per heavy atom. The van der Waals surface area contributed by atoms with E-state index in [9.17, 15) is 18.0 Å². The van der Waals surface area contributed by atoms with Crippen LogP contribution in [0.4, 0.5) is 5.69 Å². The van der Waals surface area contributed by atoms with Crippen molar-refractivity contribution in [3.05, 3.63) is 59.7 Å². The first-order valence-corrected chi connectivity index (χ1v) is 10.2. The molecule has 2 aromatic carbocycles. The summed E-state index contributed by atoms with van der Waals surface area (Å²) in [4.78, 5) is 23.7. The van der Waals surface area contributed by atoms with Gasteiger partial charge in [-0.05, 0) is 50.1 Å². The molecule has 0 spiro atoms. The lowest BCUT2D eigenvalue weighted by Crippen LogP contribution is -2.35. The molecule has 2 unspecified atom stereocenters. The summed E-state index contributed by atoms with van der Waals surface area (Å²) in [5, 5.41) is 0. The number of rotatable bonds is 5. The molecule has 8 heteroatoms. The van der Waals surface area contributed by atoms with E-state index in [1.54, 1.807) is 12.1 Å². The Kier molecular flexibility index (Phi) is 5.42. The highest BCUT2D eigenvalue weighted by Crippen LogP contribution is 2.36. The minimum Gasteiger partial charge on any atom is -0.466 e. The molecule has 0 fully saturated rings. The average Bonchev–Trinajstić information content (AvgIpc) is 3.03. The van der Waals surface area contributed by atoms with E-state index >= 15 is 0 Å². The van der Waals surface area contributed by atoms with E-state index in [4.69, 9.17) is 4.74 Å². The summed E-state index contributed by atoms with van der Waals surface area (Å²) >= 11 is 0. The molecule has 7 nitrogen and oxygen atoms in total. The van der Waals surface area contributed by atoms with Crippen LogP contribution >= 0.6 is 0 Å². The molecular formula is C20H21NO6S. The minimum atomic E-state index is -3.87. The third kappa shape index (κ3) is 3.60. The third-order valence-electron chi connectivity index (χ3n) is 4.59. The average molecular weight is 403 g/mol. The number of benzene rings is 2. The molecule has 0 saturated heterocycles. The number of hydrogen-bond acceptors (Lipinski definition) is 6. The number of hydrogen-bond donors (Lipinski definition) is 0. The van der Waals surface area contributed by atoms with Gasteiger partial charge in [0.25, 0.3) is 10.0 Å². The molecule has 0 N–H and O–H groups in total. The Hall–Kier alpha value is -2.87. The van der Waals surface area contributed by atoms with Crippen molar-refractivity contribution in [2.45, 2.75) is 37.3 Å². The van der Waals surface area contributed by atoms with Crippen molar-refractivity contribution in [1.82, 2.24) is 0 Å². The normalized spacial score (nSPS) is 17.0. The molecule has 1 aliphatic rings. The maximum atomic E-state index is 13.3. The van der Waals surface area contributed by atoms with Crippen molar-refractivity contribution < 1.29 is 27.5 Å². The summed E-state index contributed by atoms with van der Waals surface area (Å²) in [6.45, 7) is 3.22. The standard InChI is InChI=1S/C20H21NO6S/c1-13-11-15-7-4-5-10-18(15)21(13)28(24,25)17-9-6-8-16(12-17)20(23)27-14(2)19(22)26-3/h4-10,12-14H,11H2,1-3H3. The Bertz CT molecular complexity index is 1020. The highest BCUT2D eigenvalue weighted by molar-refractivity contribution is 7.92. The second-order valence-corrected chi connectivity index (χ2v) is 8.40. The van der Waals surface area contributed by atoms with Gasteiger partial charge in [-0.15, -0.1) is 0 Å². The summed E-state index contributed by atoms with van der Waals surface area (Å²) in [5.74, 6) is -1.50. The van der Waals surface area contributed by atoms with Gasteiger partial charge in [0.05, 0.1) is 23.3 Å². The molecule has 0 bridgehead atoms. The van der Waals surface area contributed by atoms with Crippen LogP contribution in [0, 0.1) is 0 Å². The van der Waals surface area contributed by atoms with Crippen molar-refractivity contribution in [3.63, 3.8) is 0 Å². The Labute approximate surface area is 163 Å². The maximum Gasteiger partial charge on any atom is 0.346 e. The lowest BCUT2D eigenvalue weighted by molar-refractivity contribution is -0.149. The van der Waals surface area contributed by atoms with E-state index < -0.39 is 28.1 Å². The van der Waals surface area contributed by atoms with E-state index in [1.807, 2.05) is 19.1 Å². The highest BCUT2D eigenvalue weighted by atomic mass is 32.2. The number of esters is 2. The van der Waals surface area contributed by atoms with E-state index in [0.29, 0.717) is 12.1 Å². The lowest BCUT2D eigenvalue weighted by atomic mass is 10.1. The molecule has 0 saturated carbocycles. The second kappa shape index (κ2) is 7.63. The largest absolute Gasteiger partial charge is 0.466 e. The maximum absolute atomic E-state index is 13.3. The molecule has 1 aliphatic heterocycles. The van der Waals surface area contributed by atoms with Gasteiger partial charge in [-0.2, -0.15) is 0 Å². The minimum absolute atomic E-state index is 0.0174. The number of anilines is 1. The molecule has 148 valence electrons. The van der Waals surface area contributed by atoms with Crippen LogP contribution in [0.25, 0.3) is 0 Å². The van der Waals surface area contributed by atoms with Crippen LogP contribution in [0.3, 0.4) is 0 Å². The van der Waals surface area contributed by atoms with Gasteiger partial charge in [0.2, 0.25) is 0 Å². The van der Waals surface area contributed by atoms with Gasteiger partial charge in [-0.25, -0.2) is 18.0 Å². The van der Waals surface area contributed by atoms with E-state index in [1.165, 1.54) is 42.6 Å². The monoisotopic (exact) mass is 403 g/mol. The predicted molar refractivity (Wildman–Crippen MR) is 103 cm³/mol. The molecule has 0 amide bonds. The number of methoxy groups -OCH3 is 1. The fourth-order valence-electron chi connectivity index (χ4n) is 3.24. The van der Waals surface area contributed by atoms with Crippen LogP contribution in [-0.2, 0) is 30.7 Å². The van der Waals surface area contributed by atoms with Gasteiger partial charge in [0.1, 0.15) is 0 Å². The quantitative estimate of drug-likeness (QED) is 0.713. The van der Waals surface area contributed by atoms with Crippen molar-refractivity contribution in [1.29, 1.82) is 0 Å². The van der Waals surface area contributed by atoms with Crippen LogP contribution in [0.5, 0.6) is 0 Å². The fourth-order valence-corrected chi connectivity index (χ4v) is 4.98. The Balaban J connectivity index is 1.91. The molecule has 2 aromatic rings. The summed E-state index contributed by atoms with van der Waals surface area (Å²) in [6.07, 6.45) is -0.475. The first kappa shape index (κ1) is 19.9. The van der Waals surface area contributed by atoms with Crippen LogP contribution in [0.2, 0.25) is 0 Å². The number of ether oxygens (including phenoxy) is 2.